The molecule has 1 aliphatic heterocycles. The summed E-state index contributed by atoms with van der Waals surface area (Å²) in [6, 6.07) is 3.32. The molecule has 0 bridgehead atoms. The average Bonchev–Trinajstić information content (AvgIpc) is 2.37. The maximum absolute atomic E-state index is 13.2. The summed E-state index contributed by atoms with van der Waals surface area (Å²) in [7, 11) is -3.70. The van der Waals surface area contributed by atoms with E-state index in [1.807, 2.05) is 11.8 Å². The molecule has 106 valence electrons. The zero-order chi connectivity index (χ0) is 13.9. The molecule has 0 spiro atoms. The molecule has 0 amide bonds. The predicted molar refractivity (Wildman–Crippen MR) is 79.6 cm³/mol. The van der Waals surface area contributed by atoms with Crippen LogP contribution >= 0.6 is 23.5 Å². The van der Waals surface area contributed by atoms with Crippen molar-refractivity contribution >= 4 is 39.2 Å². The van der Waals surface area contributed by atoms with Gasteiger partial charge in [0.05, 0.1) is 4.90 Å². The minimum absolute atomic E-state index is 0.1000. The van der Waals surface area contributed by atoms with E-state index < -0.39 is 15.8 Å². The van der Waals surface area contributed by atoms with Crippen molar-refractivity contribution in [1.29, 1.82) is 0 Å². The number of rotatable bonds is 4. The Morgan fingerprint density at radius 3 is 2.79 bits per heavy atom. The zero-order valence-electron chi connectivity index (χ0n) is 10.1. The molecule has 1 saturated heterocycles. The molecule has 1 atom stereocenters. The third-order valence-corrected chi connectivity index (χ3v) is 6.84. The smallest absolute Gasteiger partial charge is 0.240 e. The van der Waals surface area contributed by atoms with E-state index in [0.29, 0.717) is 6.54 Å². The van der Waals surface area contributed by atoms with Crippen molar-refractivity contribution in [2.24, 2.45) is 0 Å². The Kier molecular flexibility index (Phi) is 4.99. The molecular weight excluding hydrogens is 307 g/mol. The van der Waals surface area contributed by atoms with Crippen LogP contribution in [-0.2, 0) is 10.0 Å². The van der Waals surface area contributed by atoms with Crippen LogP contribution in [0.1, 0.15) is 0 Å². The number of sulfonamides is 1. The third-order valence-electron chi connectivity index (χ3n) is 2.59. The summed E-state index contributed by atoms with van der Waals surface area (Å²) in [5.74, 6) is 2.42. The summed E-state index contributed by atoms with van der Waals surface area (Å²) in [4.78, 5) is -0.126. The third kappa shape index (κ3) is 4.27. The fourth-order valence-electron chi connectivity index (χ4n) is 1.68. The van der Waals surface area contributed by atoms with Gasteiger partial charge in [0.15, 0.2) is 0 Å². The fourth-order valence-corrected chi connectivity index (χ4v) is 5.54. The first-order valence-corrected chi connectivity index (χ1v) is 9.41. The van der Waals surface area contributed by atoms with Gasteiger partial charge in [-0.15, -0.1) is 0 Å². The Labute approximate surface area is 120 Å². The number of benzene rings is 1. The highest BCUT2D eigenvalue weighted by atomic mass is 32.2. The van der Waals surface area contributed by atoms with Gasteiger partial charge in [-0.05, 0) is 18.2 Å². The van der Waals surface area contributed by atoms with Crippen LogP contribution in [0.3, 0.4) is 0 Å². The predicted octanol–water partition coefficient (Wildman–Crippen LogP) is 1.53. The van der Waals surface area contributed by atoms with E-state index in [1.54, 1.807) is 11.8 Å². The number of hydrogen-bond acceptors (Lipinski definition) is 5. The van der Waals surface area contributed by atoms with Gasteiger partial charge in [-0.2, -0.15) is 23.5 Å². The quantitative estimate of drug-likeness (QED) is 0.823. The first kappa shape index (κ1) is 15.0. The number of thioether (sulfide) groups is 2. The van der Waals surface area contributed by atoms with Crippen molar-refractivity contribution in [3.63, 3.8) is 0 Å². The molecule has 19 heavy (non-hydrogen) atoms. The largest absolute Gasteiger partial charge is 0.399 e. The van der Waals surface area contributed by atoms with Crippen molar-refractivity contribution in [2.45, 2.75) is 10.1 Å². The van der Waals surface area contributed by atoms with Gasteiger partial charge in [-0.3, -0.25) is 0 Å². The maximum atomic E-state index is 13.2. The Bertz CT molecular complexity index is 525. The molecule has 2 rings (SSSR count). The first-order chi connectivity index (χ1) is 8.97. The molecule has 1 unspecified atom stereocenters. The minimum Gasteiger partial charge on any atom is -0.399 e. The van der Waals surface area contributed by atoms with E-state index in [0.717, 1.165) is 29.4 Å². The van der Waals surface area contributed by atoms with Crippen LogP contribution in [-0.4, -0.2) is 37.5 Å². The molecule has 1 heterocycles. The van der Waals surface area contributed by atoms with Gasteiger partial charge in [-0.1, -0.05) is 0 Å². The van der Waals surface area contributed by atoms with Crippen LogP contribution in [0.15, 0.2) is 23.1 Å². The van der Waals surface area contributed by atoms with Crippen molar-refractivity contribution in [2.75, 3.05) is 29.5 Å². The molecule has 0 radical (unpaired) electrons. The van der Waals surface area contributed by atoms with Crippen molar-refractivity contribution in [1.82, 2.24) is 4.72 Å². The molecule has 1 fully saturated rings. The monoisotopic (exact) mass is 322 g/mol. The van der Waals surface area contributed by atoms with Crippen LogP contribution in [0.5, 0.6) is 0 Å². The van der Waals surface area contributed by atoms with Crippen LogP contribution in [0, 0.1) is 5.82 Å². The highest BCUT2D eigenvalue weighted by molar-refractivity contribution is 8.06. The standard InChI is InChI=1S/C11H15FN2O2S3/c12-8-3-9(13)5-11(4-8)19(15,16)14-6-10-7-17-1-2-18-10/h3-5,10,14H,1-2,6-7,13H2. The fraction of sp³-hybridized carbons (Fsp3) is 0.455. The molecule has 0 aliphatic carbocycles. The van der Waals surface area contributed by atoms with Crippen molar-refractivity contribution < 1.29 is 12.8 Å². The van der Waals surface area contributed by atoms with Gasteiger partial charge in [0.25, 0.3) is 0 Å². The molecular formula is C11H15FN2O2S3. The summed E-state index contributed by atoms with van der Waals surface area (Å²) in [5, 5.41) is 0.263. The molecule has 1 aromatic carbocycles. The molecule has 1 aromatic rings. The van der Waals surface area contributed by atoms with Gasteiger partial charge in [-0.25, -0.2) is 17.5 Å². The van der Waals surface area contributed by atoms with Crippen LogP contribution < -0.4 is 10.5 Å². The number of nitrogens with two attached hydrogens (primary N) is 1. The van der Waals surface area contributed by atoms with Crippen molar-refractivity contribution in [3.8, 4) is 0 Å². The van der Waals surface area contributed by atoms with Crippen LogP contribution in [0.4, 0.5) is 10.1 Å². The lowest BCUT2D eigenvalue weighted by Gasteiger charge is -2.21. The summed E-state index contributed by atoms with van der Waals surface area (Å²) in [6.07, 6.45) is 0. The van der Waals surface area contributed by atoms with Crippen LogP contribution in [0.2, 0.25) is 0 Å². The van der Waals surface area contributed by atoms with E-state index in [4.69, 9.17) is 5.73 Å². The van der Waals surface area contributed by atoms with Gasteiger partial charge in [0.2, 0.25) is 10.0 Å². The minimum atomic E-state index is -3.70. The van der Waals surface area contributed by atoms with E-state index in [1.165, 1.54) is 6.07 Å². The molecule has 4 nitrogen and oxygen atoms in total. The Balaban J connectivity index is 2.04. The highest BCUT2D eigenvalue weighted by Gasteiger charge is 2.20. The summed E-state index contributed by atoms with van der Waals surface area (Å²) >= 11 is 3.58. The molecule has 8 heteroatoms. The Morgan fingerprint density at radius 1 is 1.37 bits per heavy atom. The second-order valence-corrected chi connectivity index (χ2v) is 8.46. The van der Waals surface area contributed by atoms with Gasteiger partial charge >= 0.3 is 0 Å². The lowest BCUT2D eigenvalue weighted by Crippen LogP contribution is -2.33. The summed E-state index contributed by atoms with van der Waals surface area (Å²) in [6.45, 7) is 0.358. The number of anilines is 1. The molecule has 0 aromatic heterocycles. The van der Waals surface area contributed by atoms with E-state index in [9.17, 15) is 12.8 Å². The molecule has 3 N–H and O–H groups in total. The Hall–Kier alpha value is -0.440. The lowest BCUT2D eigenvalue weighted by molar-refractivity contribution is 0.578. The molecule has 1 aliphatic rings. The van der Waals surface area contributed by atoms with Gasteiger partial charge in [0.1, 0.15) is 5.82 Å². The number of nitrogens with one attached hydrogen (secondary N) is 1. The number of hydrogen-bond donors (Lipinski definition) is 2. The van der Waals surface area contributed by atoms with Crippen LogP contribution in [0.25, 0.3) is 0 Å². The number of nitrogen functional groups attached to an aromatic ring is 1. The Morgan fingerprint density at radius 2 is 2.16 bits per heavy atom. The number of halogens is 1. The highest BCUT2D eigenvalue weighted by Crippen LogP contribution is 2.24. The van der Waals surface area contributed by atoms with E-state index in [2.05, 4.69) is 4.72 Å². The SMILES string of the molecule is Nc1cc(F)cc(S(=O)(=O)NCC2CSCCS2)c1. The van der Waals surface area contributed by atoms with Gasteiger partial charge < -0.3 is 5.73 Å². The summed E-state index contributed by atoms with van der Waals surface area (Å²) in [5.41, 5.74) is 5.56. The van der Waals surface area contributed by atoms with E-state index in [-0.39, 0.29) is 15.8 Å². The van der Waals surface area contributed by atoms with E-state index >= 15 is 0 Å². The van der Waals surface area contributed by atoms with Gasteiger partial charge in [0, 0.05) is 34.7 Å². The van der Waals surface area contributed by atoms with Crippen molar-refractivity contribution in [3.05, 3.63) is 24.0 Å². The second kappa shape index (κ2) is 6.34. The normalized spacial score (nSPS) is 20.4. The lowest BCUT2D eigenvalue weighted by atomic mass is 10.3. The first-order valence-electron chi connectivity index (χ1n) is 5.72. The average molecular weight is 322 g/mol. The maximum Gasteiger partial charge on any atom is 0.240 e. The summed E-state index contributed by atoms with van der Waals surface area (Å²) < 4.78 is 39.7. The topological polar surface area (TPSA) is 72.2 Å². The second-order valence-electron chi connectivity index (χ2n) is 4.14. The molecule has 0 saturated carbocycles. The zero-order valence-corrected chi connectivity index (χ0v) is 12.6.